The Bertz CT molecular complexity index is 458. The SMILES string of the molecule is N#CCCCCn1nnc(CC#N)c1C1CC1. The topological polar surface area (TPSA) is 78.3 Å². The highest BCUT2D eigenvalue weighted by Crippen LogP contribution is 2.41. The van der Waals surface area contributed by atoms with E-state index < -0.39 is 0 Å². The molecule has 2 rings (SSSR count). The molecule has 1 fully saturated rings. The molecule has 0 aliphatic heterocycles. The molecule has 0 unspecified atom stereocenters. The molecule has 0 saturated heterocycles. The minimum Gasteiger partial charge on any atom is -0.249 e. The zero-order valence-corrected chi connectivity index (χ0v) is 9.76. The predicted molar refractivity (Wildman–Crippen MR) is 60.8 cm³/mol. The van der Waals surface area contributed by atoms with E-state index >= 15 is 0 Å². The Morgan fingerprint density at radius 2 is 2.06 bits per heavy atom. The van der Waals surface area contributed by atoms with Gasteiger partial charge in [-0.1, -0.05) is 5.21 Å². The van der Waals surface area contributed by atoms with Crippen LogP contribution in [0.4, 0.5) is 0 Å². The summed E-state index contributed by atoms with van der Waals surface area (Å²) in [5, 5.41) is 25.4. The van der Waals surface area contributed by atoms with Gasteiger partial charge in [0, 0.05) is 18.9 Å². The lowest BCUT2D eigenvalue weighted by molar-refractivity contribution is 0.526. The van der Waals surface area contributed by atoms with Crippen LogP contribution in [0.15, 0.2) is 0 Å². The van der Waals surface area contributed by atoms with Crippen molar-refractivity contribution in [1.82, 2.24) is 15.0 Å². The fourth-order valence-corrected chi connectivity index (χ4v) is 1.99. The third-order valence-corrected chi connectivity index (χ3v) is 2.97. The molecule has 0 amide bonds. The van der Waals surface area contributed by atoms with Gasteiger partial charge in [-0.05, 0) is 25.7 Å². The molecule has 1 saturated carbocycles. The van der Waals surface area contributed by atoms with Crippen molar-refractivity contribution in [3.8, 4) is 12.1 Å². The molecule has 0 N–H and O–H groups in total. The van der Waals surface area contributed by atoms with Gasteiger partial charge >= 0.3 is 0 Å². The summed E-state index contributed by atoms with van der Waals surface area (Å²) in [6, 6.07) is 4.28. The van der Waals surface area contributed by atoms with Crippen LogP contribution in [0.5, 0.6) is 0 Å². The number of hydrogen-bond donors (Lipinski definition) is 0. The Kier molecular flexibility index (Phi) is 3.72. The van der Waals surface area contributed by atoms with Crippen LogP contribution < -0.4 is 0 Å². The maximum absolute atomic E-state index is 8.74. The van der Waals surface area contributed by atoms with Gasteiger partial charge in [0.15, 0.2) is 0 Å². The lowest BCUT2D eigenvalue weighted by Gasteiger charge is -2.05. The van der Waals surface area contributed by atoms with Crippen LogP contribution in [0.1, 0.15) is 49.4 Å². The highest BCUT2D eigenvalue weighted by Gasteiger charge is 2.30. The number of nitriles is 2. The number of aryl methyl sites for hydroxylation is 1. The summed E-state index contributed by atoms with van der Waals surface area (Å²) in [5.74, 6) is 0.560. The van der Waals surface area contributed by atoms with E-state index in [4.69, 9.17) is 10.5 Å². The zero-order valence-electron chi connectivity index (χ0n) is 9.76. The van der Waals surface area contributed by atoms with Gasteiger partial charge in [-0.25, -0.2) is 4.68 Å². The second-order valence-electron chi connectivity index (χ2n) is 4.37. The monoisotopic (exact) mass is 229 g/mol. The van der Waals surface area contributed by atoms with Crippen LogP contribution in [0.25, 0.3) is 0 Å². The van der Waals surface area contributed by atoms with Gasteiger partial charge in [-0.3, -0.25) is 0 Å². The summed E-state index contributed by atoms with van der Waals surface area (Å²) in [7, 11) is 0. The molecule has 0 bridgehead atoms. The first kappa shape index (κ1) is 11.6. The average molecular weight is 229 g/mol. The third-order valence-electron chi connectivity index (χ3n) is 2.97. The van der Waals surface area contributed by atoms with Crippen molar-refractivity contribution < 1.29 is 0 Å². The molecule has 0 spiro atoms. The molecule has 1 aromatic heterocycles. The van der Waals surface area contributed by atoms with Gasteiger partial charge in [0.2, 0.25) is 0 Å². The summed E-state index contributed by atoms with van der Waals surface area (Å²) in [4.78, 5) is 0. The van der Waals surface area contributed by atoms with E-state index in [1.165, 1.54) is 12.8 Å². The molecule has 1 aromatic rings. The molecule has 0 atom stereocenters. The number of nitrogens with zero attached hydrogens (tertiary/aromatic N) is 5. The van der Waals surface area contributed by atoms with Crippen molar-refractivity contribution in [2.75, 3.05) is 0 Å². The maximum atomic E-state index is 8.74. The normalized spacial score (nSPS) is 14.2. The predicted octanol–water partition coefficient (Wildman–Crippen LogP) is 1.92. The van der Waals surface area contributed by atoms with Gasteiger partial charge in [0.1, 0.15) is 5.69 Å². The molecule has 1 aliphatic rings. The molecule has 17 heavy (non-hydrogen) atoms. The summed E-state index contributed by atoms with van der Waals surface area (Å²) in [6.45, 7) is 0.811. The van der Waals surface area contributed by atoms with Crippen LogP contribution in [-0.4, -0.2) is 15.0 Å². The van der Waals surface area contributed by atoms with Gasteiger partial charge in [0.05, 0.1) is 24.3 Å². The first-order chi connectivity index (χ1) is 8.36. The quantitative estimate of drug-likeness (QED) is 0.698. The molecule has 5 nitrogen and oxygen atoms in total. The molecular formula is C12H15N5. The Hall–Kier alpha value is -1.88. The standard InChI is InChI=1S/C12H15N5/c13-7-2-1-3-9-17-12(10-4-5-10)11(6-8-14)15-16-17/h10H,1-6,9H2. The van der Waals surface area contributed by atoms with Crippen LogP contribution in [0.3, 0.4) is 0 Å². The minimum atomic E-state index is 0.351. The summed E-state index contributed by atoms with van der Waals surface area (Å²) in [5.41, 5.74) is 2.00. The molecule has 0 radical (unpaired) electrons. The van der Waals surface area contributed by atoms with Crippen LogP contribution in [0, 0.1) is 22.7 Å². The minimum absolute atomic E-state index is 0.351. The van der Waals surface area contributed by atoms with Gasteiger partial charge < -0.3 is 0 Å². The molecule has 1 heterocycles. The van der Waals surface area contributed by atoms with Crippen LogP contribution in [-0.2, 0) is 13.0 Å². The largest absolute Gasteiger partial charge is 0.249 e. The molecular weight excluding hydrogens is 214 g/mol. The third kappa shape index (κ3) is 2.82. The smallest absolute Gasteiger partial charge is 0.100 e. The first-order valence-corrected chi connectivity index (χ1v) is 6.03. The number of hydrogen-bond acceptors (Lipinski definition) is 4. The van der Waals surface area contributed by atoms with E-state index in [-0.39, 0.29) is 0 Å². The first-order valence-electron chi connectivity index (χ1n) is 6.03. The maximum Gasteiger partial charge on any atom is 0.100 e. The fourth-order valence-electron chi connectivity index (χ4n) is 1.99. The lowest BCUT2D eigenvalue weighted by Crippen LogP contribution is -2.05. The second kappa shape index (κ2) is 5.45. The van der Waals surface area contributed by atoms with E-state index in [0.29, 0.717) is 18.8 Å². The Morgan fingerprint density at radius 3 is 2.71 bits per heavy atom. The van der Waals surface area contributed by atoms with Crippen molar-refractivity contribution in [3.63, 3.8) is 0 Å². The number of rotatable bonds is 6. The Labute approximate surface area is 101 Å². The highest BCUT2D eigenvalue weighted by molar-refractivity contribution is 5.22. The van der Waals surface area contributed by atoms with Crippen molar-refractivity contribution in [3.05, 3.63) is 11.4 Å². The summed E-state index contributed by atoms with van der Waals surface area (Å²) in [6.07, 6.45) is 5.16. The van der Waals surface area contributed by atoms with Crippen molar-refractivity contribution >= 4 is 0 Å². The van der Waals surface area contributed by atoms with E-state index in [0.717, 1.165) is 30.8 Å². The average Bonchev–Trinajstić information content (AvgIpc) is 3.09. The van der Waals surface area contributed by atoms with Gasteiger partial charge in [-0.2, -0.15) is 10.5 Å². The Balaban J connectivity index is 2.01. The van der Waals surface area contributed by atoms with Crippen molar-refractivity contribution in [2.45, 2.75) is 51.0 Å². The second-order valence-corrected chi connectivity index (χ2v) is 4.37. The van der Waals surface area contributed by atoms with Crippen LogP contribution in [0.2, 0.25) is 0 Å². The summed E-state index contributed by atoms with van der Waals surface area (Å²) >= 11 is 0. The van der Waals surface area contributed by atoms with Gasteiger partial charge in [0.25, 0.3) is 0 Å². The molecule has 5 heteroatoms. The molecule has 1 aliphatic carbocycles. The van der Waals surface area contributed by atoms with E-state index in [1.54, 1.807) is 0 Å². The van der Waals surface area contributed by atoms with Gasteiger partial charge in [-0.15, -0.1) is 5.10 Å². The van der Waals surface area contributed by atoms with Crippen molar-refractivity contribution in [2.24, 2.45) is 0 Å². The number of aromatic nitrogens is 3. The molecule has 88 valence electrons. The summed E-state index contributed by atoms with van der Waals surface area (Å²) < 4.78 is 1.93. The lowest BCUT2D eigenvalue weighted by atomic mass is 10.2. The zero-order chi connectivity index (χ0) is 12.1. The van der Waals surface area contributed by atoms with E-state index in [2.05, 4.69) is 22.5 Å². The molecule has 0 aromatic carbocycles. The highest BCUT2D eigenvalue weighted by atomic mass is 15.4. The van der Waals surface area contributed by atoms with E-state index in [1.807, 2.05) is 4.68 Å². The fraction of sp³-hybridized carbons (Fsp3) is 0.667. The Morgan fingerprint density at radius 1 is 1.24 bits per heavy atom. The van der Waals surface area contributed by atoms with Crippen LogP contribution >= 0.6 is 0 Å². The number of unbranched alkanes of at least 4 members (excludes halogenated alkanes) is 2. The van der Waals surface area contributed by atoms with Crippen molar-refractivity contribution in [1.29, 1.82) is 10.5 Å². The van der Waals surface area contributed by atoms with E-state index in [9.17, 15) is 0 Å².